The zero-order valence-electron chi connectivity index (χ0n) is 19.4. The van der Waals surface area contributed by atoms with Crippen molar-refractivity contribution < 1.29 is 9.53 Å². The van der Waals surface area contributed by atoms with Gasteiger partial charge >= 0.3 is 0 Å². The molecule has 1 aliphatic heterocycles. The predicted molar refractivity (Wildman–Crippen MR) is 129 cm³/mol. The van der Waals surface area contributed by atoms with Crippen LogP contribution in [0.2, 0.25) is 0 Å². The van der Waals surface area contributed by atoms with E-state index in [1.165, 1.54) is 37.1 Å². The number of carbonyl (C=O) groups is 1. The number of likely N-dealkylation sites (tertiary alicyclic amines) is 1. The molecule has 0 aliphatic carbocycles. The number of ether oxygens (including phenoxy) is 1. The molecule has 0 atom stereocenters. The summed E-state index contributed by atoms with van der Waals surface area (Å²) >= 11 is 0. The summed E-state index contributed by atoms with van der Waals surface area (Å²) < 4.78 is 5.21. The minimum Gasteiger partial charge on any atom is -0.497 e. The van der Waals surface area contributed by atoms with Gasteiger partial charge in [-0.05, 0) is 54.8 Å². The van der Waals surface area contributed by atoms with Gasteiger partial charge in [-0.2, -0.15) is 0 Å². The molecular weight excluding hydrogens is 402 g/mol. The molecule has 172 valence electrons. The zero-order chi connectivity index (χ0) is 22.8. The van der Waals surface area contributed by atoms with Crippen LogP contribution in [0.5, 0.6) is 5.75 Å². The number of aliphatic imine (C=N–C) groups is 1. The Labute approximate surface area is 191 Å². The quantitative estimate of drug-likeness (QED) is 0.466. The zero-order valence-corrected chi connectivity index (χ0v) is 19.4. The lowest BCUT2D eigenvalue weighted by molar-refractivity contribution is -0.127. The average molecular weight is 438 g/mol. The van der Waals surface area contributed by atoms with E-state index < -0.39 is 0 Å². The molecule has 0 unspecified atom stereocenters. The Morgan fingerprint density at radius 3 is 2.22 bits per heavy atom. The lowest BCUT2D eigenvalue weighted by Gasteiger charge is -2.16. The molecular formula is C25H35N5O2. The van der Waals surface area contributed by atoms with E-state index in [0.717, 1.165) is 17.9 Å². The predicted octanol–water partition coefficient (Wildman–Crippen LogP) is 2.61. The second-order valence-electron chi connectivity index (χ2n) is 8.31. The molecule has 1 aliphatic rings. The maximum atomic E-state index is 12.0. The number of guanidine groups is 1. The molecule has 32 heavy (non-hydrogen) atoms. The van der Waals surface area contributed by atoms with Crippen LogP contribution in [0.15, 0.2) is 53.5 Å². The summed E-state index contributed by atoms with van der Waals surface area (Å²) in [5.74, 6) is 1.42. The van der Waals surface area contributed by atoms with E-state index in [1.54, 1.807) is 26.1 Å². The van der Waals surface area contributed by atoms with Gasteiger partial charge in [0.2, 0.25) is 5.91 Å². The highest BCUT2D eigenvalue weighted by Crippen LogP contribution is 2.14. The smallest absolute Gasteiger partial charge is 0.241 e. The first-order valence-corrected chi connectivity index (χ1v) is 11.2. The first kappa shape index (κ1) is 23.6. The van der Waals surface area contributed by atoms with E-state index in [4.69, 9.17) is 4.74 Å². The Kier molecular flexibility index (Phi) is 8.92. The SMILES string of the molecule is COc1ccc(CN=C(NCC(=O)N(C)C)NCc2ccc(CN3CCCC3)cc2)cc1. The largest absolute Gasteiger partial charge is 0.497 e. The number of rotatable bonds is 9. The number of hydrogen-bond acceptors (Lipinski definition) is 4. The van der Waals surface area contributed by atoms with E-state index in [0.29, 0.717) is 19.0 Å². The number of hydrogen-bond donors (Lipinski definition) is 2. The van der Waals surface area contributed by atoms with Crippen molar-refractivity contribution in [2.45, 2.75) is 32.5 Å². The second-order valence-corrected chi connectivity index (χ2v) is 8.31. The van der Waals surface area contributed by atoms with Crippen LogP contribution in [0.1, 0.15) is 29.5 Å². The number of nitrogens with one attached hydrogen (secondary N) is 2. The summed E-state index contributed by atoms with van der Waals surface area (Å²) in [5.41, 5.74) is 3.59. The van der Waals surface area contributed by atoms with Crippen LogP contribution in [0.4, 0.5) is 0 Å². The first-order chi connectivity index (χ1) is 15.5. The lowest BCUT2D eigenvalue weighted by atomic mass is 10.1. The summed E-state index contributed by atoms with van der Waals surface area (Å²) in [6.07, 6.45) is 2.62. The van der Waals surface area contributed by atoms with Crippen LogP contribution in [0.3, 0.4) is 0 Å². The third kappa shape index (κ3) is 7.57. The van der Waals surface area contributed by atoms with Gasteiger partial charge in [-0.3, -0.25) is 9.69 Å². The van der Waals surface area contributed by atoms with E-state index in [1.807, 2.05) is 24.3 Å². The average Bonchev–Trinajstić information content (AvgIpc) is 3.32. The number of amides is 1. The van der Waals surface area contributed by atoms with Crippen LogP contribution in [0.25, 0.3) is 0 Å². The molecule has 1 fully saturated rings. The minimum atomic E-state index is -0.00443. The van der Waals surface area contributed by atoms with Gasteiger partial charge in [0.15, 0.2) is 5.96 Å². The standard InChI is InChI=1S/C25H35N5O2/c1-29(2)24(31)18-28-25(27-17-21-10-12-23(32-3)13-11-21)26-16-20-6-8-22(9-7-20)19-30-14-4-5-15-30/h6-13H,4-5,14-19H2,1-3H3,(H2,26,27,28). The summed E-state index contributed by atoms with van der Waals surface area (Å²) in [7, 11) is 5.14. The van der Waals surface area contributed by atoms with Gasteiger partial charge in [0.1, 0.15) is 5.75 Å². The van der Waals surface area contributed by atoms with Crippen LogP contribution in [-0.4, -0.2) is 62.5 Å². The first-order valence-electron chi connectivity index (χ1n) is 11.2. The molecule has 2 N–H and O–H groups in total. The van der Waals surface area contributed by atoms with Gasteiger partial charge in [0, 0.05) is 27.2 Å². The van der Waals surface area contributed by atoms with Crippen LogP contribution in [0, 0.1) is 0 Å². The monoisotopic (exact) mass is 437 g/mol. The molecule has 0 saturated carbocycles. The van der Waals surface area contributed by atoms with Gasteiger partial charge in [-0.1, -0.05) is 36.4 Å². The number of methoxy groups -OCH3 is 1. The molecule has 7 heteroatoms. The Hall–Kier alpha value is -3.06. The van der Waals surface area contributed by atoms with Crippen molar-refractivity contribution in [3.05, 3.63) is 65.2 Å². The van der Waals surface area contributed by atoms with Crippen LogP contribution < -0.4 is 15.4 Å². The van der Waals surface area contributed by atoms with Crippen molar-refractivity contribution in [2.75, 3.05) is 40.8 Å². The molecule has 0 spiro atoms. The Morgan fingerprint density at radius 1 is 0.969 bits per heavy atom. The topological polar surface area (TPSA) is 69.2 Å². The Morgan fingerprint density at radius 2 is 1.59 bits per heavy atom. The molecule has 3 rings (SSSR count). The maximum Gasteiger partial charge on any atom is 0.241 e. The van der Waals surface area contributed by atoms with E-state index in [-0.39, 0.29) is 12.5 Å². The fourth-order valence-corrected chi connectivity index (χ4v) is 3.54. The number of nitrogens with zero attached hydrogens (tertiary/aromatic N) is 3. The Bertz CT molecular complexity index is 872. The second kappa shape index (κ2) is 12.1. The highest BCUT2D eigenvalue weighted by molar-refractivity contribution is 5.86. The van der Waals surface area contributed by atoms with E-state index >= 15 is 0 Å². The van der Waals surface area contributed by atoms with Gasteiger partial charge in [0.25, 0.3) is 0 Å². The van der Waals surface area contributed by atoms with Crippen LogP contribution >= 0.6 is 0 Å². The van der Waals surface area contributed by atoms with Crippen molar-refractivity contribution >= 4 is 11.9 Å². The number of benzene rings is 2. The van der Waals surface area contributed by atoms with Gasteiger partial charge in [-0.25, -0.2) is 4.99 Å². The van der Waals surface area contributed by atoms with E-state index in [9.17, 15) is 4.79 Å². The Balaban J connectivity index is 1.58. The minimum absolute atomic E-state index is 0.00443. The summed E-state index contributed by atoms with van der Waals surface area (Å²) in [5, 5.41) is 6.49. The van der Waals surface area contributed by atoms with Crippen LogP contribution in [-0.2, 0) is 24.4 Å². The van der Waals surface area contributed by atoms with Crippen molar-refractivity contribution in [2.24, 2.45) is 4.99 Å². The van der Waals surface area contributed by atoms with Gasteiger partial charge < -0.3 is 20.3 Å². The van der Waals surface area contributed by atoms with Crippen molar-refractivity contribution in [1.29, 1.82) is 0 Å². The normalized spacial score (nSPS) is 14.3. The molecule has 7 nitrogen and oxygen atoms in total. The molecule has 0 bridgehead atoms. The lowest BCUT2D eigenvalue weighted by Crippen LogP contribution is -2.42. The fourth-order valence-electron chi connectivity index (χ4n) is 3.54. The maximum absolute atomic E-state index is 12.0. The fraction of sp³-hybridized carbons (Fsp3) is 0.440. The summed E-state index contributed by atoms with van der Waals surface area (Å²) in [6, 6.07) is 16.5. The van der Waals surface area contributed by atoms with Gasteiger partial charge in [0.05, 0.1) is 20.2 Å². The summed E-state index contributed by atoms with van der Waals surface area (Å²) in [6.45, 7) is 4.76. The van der Waals surface area contributed by atoms with Gasteiger partial charge in [-0.15, -0.1) is 0 Å². The molecule has 1 saturated heterocycles. The third-order valence-corrected chi connectivity index (χ3v) is 5.57. The van der Waals surface area contributed by atoms with Crippen molar-refractivity contribution in [1.82, 2.24) is 20.4 Å². The third-order valence-electron chi connectivity index (χ3n) is 5.57. The summed E-state index contributed by atoms with van der Waals surface area (Å²) in [4.78, 5) is 20.7. The number of likely N-dealkylation sites (N-methyl/N-ethyl adjacent to an activating group) is 1. The van der Waals surface area contributed by atoms with E-state index in [2.05, 4.69) is 44.8 Å². The molecule has 2 aromatic carbocycles. The highest BCUT2D eigenvalue weighted by Gasteiger charge is 2.11. The molecule has 1 heterocycles. The molecule has 2 aromatic rings. The van der Waals surface area contributed by atoms with Crippen molar-refractivity contribution in [3.8, 4) is 5.75 Å². The number of carbonyl (C=O) groups excluding carboxylic acids is 1. The molecule has 0 radical (unpaired) electrons. The molecule has 1 amide bonds. The van der Waals surface area contributed by atoms with Crippen molar-refractivity contribution in [3.63, 3.8) is 0 Å². The highest BCUT2D eigenvalue weighted by atomic mass is 16.5. The molecule has 0 aromatic heterocycles.